The van der Waals surface area contributed by atoms with Crippen LogP contribution in [0.4, 0.5) is 5.00 Å². The van der Waals surface area contributed by atoms with Gasteiger partial charge in [-0.2, -0.15) is 4.73 Å². The van der Waals surface area contributed by atoms with Crippen molar-refractivity contribution in [2.75, 3.05) is 18.2 Å². The van der Waals surface area contributed by atoms with E-state index in [0.29, 0.717) is 15.6 Å². The number of carbonyl (C=O) groups is 2. The van der Waals surface area contributed by atoms with Gasteiger partial charge in [-0.3, -0.25) is 4.79 Å². The van der Waals surface area contributed by atoms with Crippen molar-refractivity contribution in [3.63, 3.8) is 0 Å². The molecule has 0 bridgehead atoms. The number of nitrogens with one attached hydrogen (secondary N) is 1. The highest BCUT2D eigenvalue weighted by Crippen LogP contribution is 2.38. The number of rotatable bonds is 5. The van der Waals surface area contributed by atoms with E-state index in [2.05, 4.69) is 5.32 Å². The van der Waals surface area contributed by atoms with E-state index in [9.17, 15) is 14.8 Å². The molecule has 0 aromatic carbocycles. The second kappa shape index (κ2) is 8.55. The van der Waals surface area contributed by atoms with Crippen LogP contribution in [0.25, 0.3) is 0 Å². The molecule has 0 aliphatic heterocycles. The summed E-state index contributed by atoms with van der Waals surface area (Å²) in [6, 6.07) is 5.05. The fourth-order valence-corrected chi connectivity index (χ4v) is 4.98. The number of anilines is 1. The molecule has 0 saturated heterocycles. The number of aryl methyl sites for hydroxylation is 1. The van der Waals surface area contributed by atoms with E-state index < -0.39 is 5.97 Å². The number of carbonyl (C=O) groups excluding carboxylic acids is 2. The number of esters is 1. The standard InChI is InChI=1S/C18H20N2O4S2/c1-24-18(22)16-12-7-3-2-4-8-13(12)26-17(16)19-14(21)11-25-15-9-5-6-10-20(15)23/h5-6,9-10H,2-4,7-8,11H2,1H3,(H,19,21). The molecule has 1 amide bonds. The average Bonchev–Trinajstić information content (AvgIpc) is 2.81. The first kappa shape index (κ1) is 18.7. The molecule has 6 nitrogen and oxygen atoms in total. The summed E-state index contributed by atoms with van der Waals surface area (Å²) in [6.45, 7) is 0. The lowest BCUT2D eigenvalue weighted by atomic mass is 10.1. The van der Waals surface area contributed by atoms with Gasteiger partial charge in [-0.15, -0.1) is 11.3 Å². The molecule has 3 rings (SSSR count). The number of thiophene rings is 1. The second-order valence-corrected chi connectivity index (χ2v) is 8.06. The Balaban J connectivity index is 1.75. The summed E-state index contributed by atoms with van der Waals surface area (Å²) < 4.78 is 5.66. The van der Waals surface area contributed by atoms with E-state index in [1.54, 1.807) is 18.2 Å². The van der Waals surface area contributed by atoms with Gasteiger partial charge < -0.3 is 15.3 Å². The van der Waals surface area contributed by atoms with E-state index in [1.165, 1.54) is 24.6 Å². The largest absolute Gasteiger partial charge is 0.618 e. The number of hydrogen-bond acceptors (Lipinski definition) is 6. The van der Waals surface area contributed by atoms with Crippen molar-refractivity contribution in [2.24, 2.45) is 0 Å². The number of amides is 1. The Morgan fingerprint density at radius 1 is 1.31 bits per heavy atom. The summed E-state index contributed by atoms with van der Waals surface area (Å²) in [5, 5.41) is 15.5. The quantitative estimate of drug-likeness (QED) is 0.278. The minimum absolute atomic E-state index is 0.0927. The van der Waals surface area contributed by atoms with Crippen molar-refractivity contribution in [2.45, 2.75) is 37.1 Å². The molecule has 0 fully saturated rings. The van der Waals surface area contributed by atoms with E-state index in [-0.39, 0.29) is 11.7 Å². The van der Waals surface area contributed by atoms with Crippen LogP contribution in [0.5, 0.6) is 0 Å². The first-order valence-corrected chi connectivity index (χ1v) is 10.2. The molecule has 0 atom stereocenters. The lowest BCUT2D eigenvalue weighted by Crippen LogP contribution is -2.28. The number of ether oxygens (including phenoxy) is 1. The number of hydrogen-bond donors (Lipinski definition) is 1. The SMILES string of the molecule is COC(=O)c1c(NC(=O)CSc2cccc[n+]2[O-])sc2c1CCCCC2. The lowest BCUT2D eigenvalue weighted by molar-refractivity contribution is -0.645. The Labute approximate surface area is 160 Å². The molecule has 0 saturated carbocycles. The summed E-state index contributed by atoms with van der Waals surface area (Å²) in [4.78, 5) is 25.8. The molecule has 26 heavy (non-hydrogen) atoms. The molecule has 2 aromatic rings. The van der Waals surface area contributed by atoms with Gasteiger partial charge in [0.05, 0.1) is 18.4 Å². The minimum Gasteiger partial charge on any atom is -0.618 e. The third-order valence-corrected chi connectivity index (χ3v) is 6.43. The van der Waals surface area contributed by atoms with Crippen LogP contribution in [-0.4, -0.2) is 24.7 Å². The maximum atomic E-state index is 12.4. The molecular weight excluding hydrogens is 372 g/mol. The van der Waals surface area contributed by atoms with Crippen LogP contribution in [-0.2, 0) is 22.4 Å². The predicted octanol–water partition coefficient (Wildman–Crippen LogP) is 3.17. The van der Waals surface area contributed by atoms with Crippen LogP contribution in [0.1, 0.15) is 40.1 Å². The van der Waals surface area contributed by atoms with Crippen molar-refractivity contribution in [3.8, 4) is 0 Å². The number of aromatic nitrogens is 1. The monoisotopic (exact) mass is 392 g/mol. The molecule has 2 heterocycles. The molecule has 0 unspecified atom stereocenters. The summed E-state index contributed by atoms with van der Waals surface area (Å²) in [6.07, 6.45) is 6.43. The minimum atomic E-state index is -0.409. The Morgan fingerprint density at radius 2 is 2.12 bits per heavy atom. The van der Waals surface area contributed by atoms with Crippen LogP contribution in [0.15, 0.2) is 29.4 Å². The number of pyridine rings is 1. The average molecular weight is 393 g/mol. The van der Waals surface area contributed by atoms with E-state index >= 15 is 0 Å². The summed E-state index contributed by atoms with van der Waals surface area (Å²) in [5.41, 5.74) is 1.51. The Bertz CT molecular complexity index is 820. The third-order valence-electron chi connectivity index (χ3n) is 4.20. The highest BCUT2D eigenvalue weighted by Gasteiger charge is 2.26. The first-order valence-electron chi connectivity index (χ1n) is 8.44. The highest BCUT2D eigenvalue weighted by molar-refractivity contribution is 7.99. The second-order valence-electron chi connectivity index (χ2n) is 5.96. The van der Waals surface area contributed by atoms with Gasteiger partial charge in [-0.05, 0) is 49.1 Å². The number of fused-ring (bicyclic) bond motifs is 1. The van der Waals surface area contributed by atoms with E-state index in [0.717, 1.165) is 59.0 Å². The molecular formula is C18H20N2O4S2. The van der Waals surface area contributed by atoms with Crippen molar-refractivity contribution in [1.29, 1.82) is 0 Å². The maximum absolute atomic E-state index is 12.4. The Morgan fingerprint density at radius 3 is 2.88 bits per heavy atom. The van der Waals surface area contributed by atoms with E-state index in [1.807, 2.05) is 0 Å². The van der Waals surface area contributed by atoms with Gasteiger partial charge in [0.2, 0.25) is 5.91 Å². The van der Waals surface area contributed by atoms with Gasteiger partial charge in [0.15, 0.2) is 6.20 Å². The predicted molar refractivity (Wildman–Crippen MR) is 102 cm³/mol. The maximum Gasteiger partial charge on any atom is 0.341 e. The summed E-state index contributed by atoms with van der Waals surface area (Å²) in [7, 11) is 1.35. The topological polar surface area (TPSA) is 82.3 Å². The summed E-state index contributed by atoms with van der Waals surface area (Å²) in [5.74, 6) is -0.566. The molecule has 1 aliphatic rings. The lowest BCUT2D eigenvalue weighted by Gasteiger charge is -2.07. The summed E-state index contributed by atoms with van der Waals surface area (Å²) >= 11 is 2.62. The molecule has 2 aromatic heterocycles. The van der Waals surface area contributed by atoms with Crippen molar-refractivity contribution >= 4 is 40.0 Å². The van der Waals surface area contributed by atoms with Gasteiger partial charge in [-0.25, -0.2) is 4.79 Å². The van der Waals surface area contributed by atoms with Gasteiger partial charge in [0, 0.05) is 17.0 Å². The fourth-order valence-electron chi connectivity index (χ4n) is 2.98. The zero-order chi connectivity index (χ0) is 18.5. The Kier molecular flexibility index (Phi) is 6.16. The molecule has 1 N–H and O–H groups in total. The van der Waals surface area contributed by atoms with Gasteiger partial charge in [0.1, 0.15) is 5.00 Å². The van der Waals surface area contributed by atoms with Crippen LogP contribution in [0, 0.1) is 5.21 Å². The van der Waals surface area contributed by atoms with Gasteiger partial charge in [0.25, 0.3) is 5.03 Å². The first-order chi connectivity index (χ1) is 12.6. The van der Waals surface area contributed by atoms with Crippen LogP contribution < -0.4 is 10.0 Å². The van der Waals surface area contributed by atoms with E-state index in [4.69, 9.17) is 4.74 Å². The van der Waals surface area contributed by atoms with Crippen LogP contribution in [0.2, 0.25) is 0 Å². The number of methoxy groups -OCH3 is 1. The zero-order valence-electron chi connectivity index (χ0n) is 14.4. The normalized spacial score (nSPS) is 13.6. The van der Waals surface area contributed by atoms with Crippen molar-refractivity contribution in [3.05, 3.63) is 45.6 Å². The molecule has 8 heteroatoms. The Hall–Kier alpha value is -2.06. The number of thioether (sulfide) groups is 1. The molecule has 1 aliphatic carbocycles. The van der Waals surface area contributed by atoms with Crippen molar-refractivity contribution in [1.82, 2.24) is 0 Å². The molecule has 0 spiro atoms. The highest BCUT2D eigenvalue weighted by atomic mass is 32.2. The number of nitrogens with zero attached hydrogens (tertiary/aromatic N) is 1. The van der Waals surface area contributed by atoms with Crippen LogP contribution in [0.3, 0.4) is 0 Å². The molecule has 0 radical (unpaired) electrons. The third kappa shape index (κ3) is 4.19. The fraction of sp³-hybridized carbons (Fsp3) is 0.389. The van der Waals surface area contributed by atoms with Crippen LogP contribution >= 0.6 is 23.1 Å². The smallest absolute Gasteiger partial charge is 0.341 e. The molecule has 138 valence electrons. The van der Waals surface area contributed by atoms with Gasteiger partial charge in [-0.1, -0.05) is 6.42 Å². The van der Waals surface area contributed by atoms with Gasteiger partial charge >= 0.3 is 5.97 Å². The van der Waals surface area contributed by atoms with Crippen molar-refractivity contribution < 1.29 is 19.1 Å². The zero-order valence-corrected chi connectivity index (χ0v) is 16.1.